The molecule has 0 atom stereocenters. The number of rotatable bonds is 7. The number of piperidine rings is 1. The molecule has 1 rings (SSSR count). The molecule has 0 aromatic rings. The third kappa shape index (κ3) is 6.57. The molecule has 0 unspecified atom stereocenters. The van der Waals surface area contributed by atoms with Gasteiger partial charge in [-0.25, -0.2) is 0 Å². The lowest BCUT2D eigenvalue weighted by Gasteiger charge is -2.34. The Bertz CT molecular complexity index is 221. The van der Waals surface area contributed by atoms with Gasteiger partial charge in [-0.3, -0.25) is 9.69 Å². The van der Waals surface area contributed by atoms with Crippen LogP contribution in [0.5, 0.6) is 0 Å². The molecular weight excluding hydrogens is 252 g/mol. The first-order valence-corrected chi connectivity index (χ1v) is 6.88. The maximum atomic E-state index is 11.4. The van der Waals surface area contributed by atoms with E-state index in [4.69, 9.17) is 4.74 Å². The lowest BCUT2D eigenvalue weighted by atomic mass is 10.0. The van der Waals surface area contributed by atoms with Crippen molar-refractivity contribution in [1.82, 2.24) is 10.2 Å². The molecule has 1 aliphatic rings. The van der Waals surface area contributed by atoms with Gasteiger partial charge in [0.25, 0.3) is 0 Å². The molecule has 18 heavy (non-hydrogen) atoms. The lowest BCUT2D eigenvalue weighted by molar-refractivity contribution is -0.143. The number of carbonyl (C=O) groups excluding carboxylic acids is 1. The van der Waals surface area contributed by atoms with Crippen LogP contribution in [0.15, 0.2) is 0 Å². The van der Waals surface area contributed by atoms with Gasteiger partial charge in [-0.1, -0.05) is 6.92 Å². The second kappa shape index (κ2) is 10.6. The van der Waals surface area contributed by atoms with Crippen molar-refractivity contribution in [3.8, 4) is 0 Å². The molecule has 1 fully saturated rings. The van der Waals surface area contributed by atoms with Crippen LogP contribution in [-0.4, -0.2) is 49.7 Å². The Balaban J connectivity index is 0.00000289. The van der Waals surface area contributed by atoms with E-state index in [9.17, 15) is 4.79 Å². The fourth-order valence-corrected chi connectivity index (χ4v) is 2.40. The van der Waals surface area contributed by atoms with E-state index in [0.717, 1.165) is 32.6 Å². The van der Waals surface area contributed by atoms with Crippen LogP contribution >= 0.6 is 12.4 Å². The van der Waals surface area contributed by atoms with Crippen LogP contribution in [0.4, 0.5) is 0 Å². The molecule has 1 N–H and O–H groups in total. The summed E-state index contributed by atoms with van der Waals surface area (Å²) in [6.07, 6.45) is 4.07. The Labute approximate surface area is 117 Å². The number of carbonyl (C=O) groups is 1. The normalized spacial score (nSPS) is 16.4. The smallest absolute Gasteiger partial charge is 0.307 e. The molecule has 0 bridgehead atoms. The first-order chi connectivity index (χ1) is 8.27. The van der Waals surface area contributed by atoms with Crippen LogP contribution in [0, 0.1) is 0 Å². The summed E-state index contributed by atoms with van der Waals surface area (Å²) in [6.45, 7) is 8.67. The molecule has 0 spiro atoms. The van der Waals surface area contributed by atoms with Crippen molar-refractivity contribution in [2.24, 2.45) is 0 Å². The Morgan fingerprint density at radius 1 is 1.28 bits per heavy atom. The van der Waals surface area contributed by atoms with Crippen molar-refractivity contribution < 1.29 is 9.53 Å². The van der Waals surface area contributed by atoms with Gasteiger partial charge < -0.3 is 10.1 Å². The van der Waals surface area contributed by atoms with Gasteiger partial charge in [0.2, 0.25) is 0 Å². The van der Waals surface area contributed by atoms with E-state index < -0.39 is 0 Å². The summed E-state index contributed by atoms with van der Waals surface area (Å²) in [4.78, 5) is 13.8. The molecule has 0 aromatic carbocycles. The first-order valence-electron chi connectivity index (χ1n) is 6.88. The van der Waals surface area contributed by atoms with E-state index in [1.807, 2.05) is 6.92 Å². The van der Waals surface area contributed by atoms with E-state index in [-0.39, 0.29) is 18.4 Å². The summed E-state index contributed by atoms with van der Waals surface area (Å²) in [5.41, 5.74) is 0. The van der Waals surface area contributed by atoms with Crippen molar-refractivity contribution in [3.63, 3.8) is 0 Å². The zero-order valence-electron chi connectivity index (χ0n) is 11.6. The molecule has 0 saturated carbocycles. The van der Waals surface area contributed by atoms with Crippen molar-refractivity contribution in [3.05, 3.63) is 0 Å². The molecule has 0 aromatic heterocycles. The summed E-state index contributed by atoms with van der Waals surface area (Å²) >= 11 is 0. The van der Waals surface area contributed by atoms with Gasteiger partial charge >= 0.3 is 5.97 Å². The van der Waals surface area contributed by atoms with Crippen LogP contribution < -0.4 is 5.32 Å². The van der Waals surface area contributed by atoms with Crippen molar-refractivity contribution in [1.29, 1.82) is 0 Å². The SMILES string of the molecule is CCCN(CCC(=O)OCC)C1CCNCC1.Cl. The maximum Gasteiger partial charge on any atom is 0.307 e. The van der Waals surface area contributed by atoms with E-state index >= 15 is 0 Å². The number of nitrogens with zero attached hydrogens (tertiary/aromatic N) is 1. The van der Waals surface area contributed by atoms with Crippen LogP contribution in [0.2, 0.25) is 0 Å². The number of halogens is 1. The number of nitrogens with one attached hydrogen (secondary N) is 1. The number of hydrogen-bond donors (Lipinski definition) is 1. The molecule has 0 aliphatic carbocycles. The highest BCUT2D eigenvalue weighted by Gasteiger charge is 2.20. The quantitative estimate of drug-likeness (QED) is 0.722. The van der Waals surface area contributed by atoms with Crippen molar-refractivity contribution >= 4 is 18.4 Å². The zero-order valence-corrected chi connectivity index (χ0v) is 12.4. The van der Waals surface area contributed by atoms with E-state index in [1.54, 1.807) is 0 Å². The highest BCUT2D eigenvalue weighted by molar-refractivity contribution is 5.85. The van der Waals surface area contributed by atoms with E-state index in [2.05, 4.69) is 17.1 Å². The van der Waals surface area contributed by atoms with Crippen LogP contribution in [0.3, 0.4) is 0 Å². The highest BCUT2D eigenvalue weighted by atomic mass is 35.5. The zero-order chi connectivity index (χ0) is 12.5. The van der Waals surface area contributed by atoms with Gasteiger partial charge in [-0.05, 0) is 45.8 Å². The minimum atomic E-state index is -0.0671. The highest BCUT2D eigenvalue weighted by Crippen LogP contribution is 2.13. The van der Waals surface area contributed by atoms with E-state index in [0.29, 0.717) is 19.1 Å². The molecule has 0 radical (unpaired) electrons. The fraction of sp³-hybridized carbons (Fsp3) is 0.923. The van der Waals surface area contributed by atoms with Gasteiger partial charge in [0, 0.05) is 12.6 Å². The molecule has 1 saturated heterocycles. The van der Waals surface area contributed by atoms with Gasteiger partial charge in [0.05, 0.1) is 13.0 Å². The number of ether oxygens (including phenoxy) is 1. The minimum Gasteiger partial charge on any atom is -0.466 e. The summed E-state index contributed by atoms with van der Waals surface area (Å²) in [7, 11) is 0. The van der Waals surface area contributed by atoms with Crippen LogP contribution in [0.1, 0.15) is 39.5 Å². The Hall–Kier alpha value is -0.320. The molecule has 0 amide bonds. The van der Waals surface area contributed by atoms with Crippen LogP contribution in [-0.2, 0) is 9.53 Å². The molecule has 5 heteroatoms. The fourth-order valence-electron chi connectivity index (χ4n) is 2.40. The summed E-state index contributed by atoms with van der Waals surface area (Å²) < 4.78 is 4.98. The largest absolute Gasteiger partial charge is 0.466 e. The summed E-state index contributed by atoms with van der Waals surface area (Å²) in [5, 5.41) is 3.38. The molecule has 1 aliphatic heterocycles. The topological polar surface area (TPSA) is 41.6 Å². The molecular formula is C13H27ClN2O2. The Morgan fingerprint density at radius 3 is 2.50 bits per heavy atom. The monoisotopic (exact) mass is 278 g/mol. The third-order valence-corrected chi connectivity index (χ3v) is 3.24. The summed E-state index contributed by atoms with van der Waals surface area (Å²) in [5.74, 6) is -0.0671. The Morgan fingerprint density at radius 2 is 1.94 bits per heavy atom. The second-order valence-corrected chi connectivity index (χ2v) is 4.57. The van der Waals surface area contributed by atoms with Crippen molar-refractivity contribution in [2.45, 2.75) is 45.6 Å². The number of hydrogen-bond acceptors (Lipinski definition) is 4. The van der Waals surface area contributed by atoms with Gasteiger partial charge in [0.15, 0.2) is 0 Å². The maximum absolute atomic E-state index is 11.4. The lowest BCUT2D eigenvalue weighted by Crippen LogP contribution is -2.44. The Kier molecular flexibility index (Phi) is 10.4. The van der Waals surface area contributed by atoms with Gasteiger partial charge in [0.1, 0.15) is 0 Å². The number of esters is 1. The minimum absolute atomic E-state index is 0. The molecule has 1 heterocycles. The predicted octanol–water partition coefficient (Wildman–Crippen LogP) is 1.83. The molecule has 4 nitrogen and oxygen atoms in total. The first kappa shape index (κ1) is 17.7. The van der Waals surface area contributed by atoms with E-state index in [1.165, 1.54) is 12.8 Å². The van der Waals surface area contributed by atoms with Crippen molar-refractivity contribution in [2.75, 3.05) is 32.8 Å². The molecule has 108 valence electrons. The summed E-state index contributed by atoms with van der Waals surface area (Å²) in [6, 6.07) is 0.644. The predicted molar refractivity (Wildman–Crippen MR) is 76.3 cm³/mol. The van der Waals surface area contributed by atoms with Gasteiger partial charge in [-0.2, -0.15) is 0 Å². The third-order valence-electron chi connectivity index (χ3n) is 3.24. The second-order valence-electron chi connectivity index (χ2n) is 4.57. The van der Waals surface area contributed by atoms with Crippen LogP contribution in [0.25, 0.3) is 0 Å². The average molecular weight is 279 g/mol. The van der Waals surface area contributed by atoms with Gasteiger partial charge in [-0.15, -0.1) is 12.4 Å². The average Bonchev–Trinajstić information content (AvgIpc) is 2.36. The standard InChI is InChI=1S/C13H26N2O2.ClH/c1-3-10-15(11-7-13(16)17-4-2)12-5-8-14-9-6-12;/h12,14H,3-11H2,1-2H3;1H.